The number of hydrogen-bond donors (Lipinski definition) is 0. The summed E-state index contributed by atoms with van der Waals surface area (Å²) in [5.41, 5.74) is 17.1. The smallest absolute Gasteiger partial charge is 0.0406 e. The van der Waals surface area contributed by atoms with E-state index in [1.165, 1.54) is 194 Å². The average Bonchev–Trinajstić information content (AvgIpc) is 0.713. The Morgan fingerprint density at radius 1 is 0.136 bits per heavy atom. The highest BCUT2D eigenvalue weighted by Crippen LogP contribution is 2.42. The zero-order valence-electron chi connectivity index (χ0n) is 77.2. The molecule has 0 heteroatoms. The third kappa shape index (κ3) is 18.3. The number of unbranched alkanes of at least 4 members (excludes halogenated alkanes) is 20. The van der Waals surface area contributed by atoms with E-state index in [0.29, 0.717) is 0 Å². The lowest BCUT2D eigenvalue weighted by atomic mass is 9.89. The van der Waals surface area contributed by atoms with E-state index in [0.717, 1.165) is 204 Å². The predicted octanol–water partition coefficient (Wildman–Crippen LogP) is 33.9. The van der Waals surface area contributed by atoms with Crippen LogP contribution in [0.1, 0.15) is 271 Å². The maximum Gasteiger partial charge on any atom is 0.0406 e. The molecule has 18 aromatic rings. The van der Waals surface area contributed by atoms with Crippen LogP contribution in [0.2, 0.25) is 0 Å². The summed E-state index contributed by atoms with van der Waals surface area (Å²) in [6, 6.07) is 98.2. The van der Waals surface area contributed by atoms with Gasteiger partial charge in [-0.3, -0.25) is 0 Å². The molecule has 0 radical (unpaired) electrons. The van der Waals surface area contributed by atoms with Crippen LogP contribution < -0.4 is 0 Å². The van der Waals surface area contributed by atoms with E-state index in [1.807, 2.05) is 0 Å². The summed E-state index contributed by atoms with van der Waals surface area (Å²) in [5.74, 6) is 59.5. The fraction of sp³-hybridized carbons (Fsp3) is 0.242. The fourth-order valence-corrected chi connectivity index (χ4v) is 21.0. The van der Waals surface area contributed by atoms with E-state index >= 15 is 0 Å². The highest BCUT2D eigenvalue weighted by atomic mass is 14.2. The number of fused-ring (bicyclic) bond motifs is 6. The predicted molar refractivity (Wildman–Crippen MR) is 568 cm³/mol. The lowest BCUT2D eigenvalue weighted by Gasteiger charge is -2.14. The minimum absolute atomic E-state index is 0.955. The zero-order chi connectivity index (χ0) is 89.3. The minimum atomic E-state index is 0.955. The quantitative estimate of drug-likeness (QED) is 0.0260. The molecule has 1 aliphatic rings. The van der Waals surface area contributed by atoms with Gasteiger partial charge in [0.15, 0.2) is 0 Å². The van der Waals surface area contributed by atoms with Gasteiger partial charge in [0, 0.05) is 66.8 Å². The Kier molecular flexibility index (Phi) is 27.4. The van der Waals surface area contributed by atoms with Crippen molar-refractivity contribution in [2.45, 2.75) is 207 Å². The number of aryl methyl sites for hydroxylation is 4. The average molecular weight is 1700 g/mol. The van der Waals surface area contributed by atoms with Crippen LogP contribution in [0.4, 0.5) is 0 Å². The van der Waals surface area contributed by atoms with Gasteiger partial charge in [0.25, 0.3) is 0 Å². The van der Waals surface area contributed by atoms with Gasteiger partial charge in [-0.1, -0.05) is 421 Å². The van der Waals surface area contributed by atoms with Gasteiger partial charge in [-0.25, -0.2) is 0 Å². The first kappa shape index (κ1) is 86.9. The molecule has 0 heterocycles. The van der Waals surface area contributed by atoms with Crippen LogP contribution in [-0.2, 0) is 25.7 Å². The third-order valence-corrected chi connectivity index (χ3v) is 27.8. The first-order chi connectivity index (χ1) is 65.4. The third-order valence-electron chi connectivity index (χ3n) is 27.8. The van der Waals surface area contributed by atoms with Gasteiger partial charge in [0.2, 0.25) is 0 Å². The van der Waals surface area contributed by atoms with Crippen LogP contribution in [0.3, 0.4) is 0 Å². The molecule has 18 aromatic carbocycles. The Balaban J connectivity index is 0.816. The molecule has 0 amide bonds. The van der Waals surface area contributed by atoms with E-state index in [2.05, 4.69) is 389 Å². The fourth-order valence-electron chi connectivity index (χ4n) is 21.0. The second-order valence-electron chi connectivity index (χ2n) is 36.4. The first-order valence-corrected chi connectivity index (χ1v) is 49.3. The van der Waals surface area contributed by atoms with Gasteiger partial charge in [-0.05, 0) is 299 Å². The summed E-state index contributed by atoms with van der Waals surface area (Å²) in [4.78, 5) is 0. The maximum atomic E-state index is 3.89. The first-order valence-electron chi connectivity index (χ1n) is 49.3. The zero-order valence-corrected chi connectivity index (χ0v) is 77.2. The van der Waals surface area contributed by atoms with Gasteiger partial charge in [-0.2, -0.15) is 0 Å². The van der Waals surface area contributed by atoms with Crippen LogP contribution in [0.25, 0.3) is 129 Å². The maximum absolute atomic E-state index is 3.89. The SMILES string of the molecule is CCCCCCCCc1c2cccc3c2cc2c(cccc12)C#Cc1c2ccccc2c(c2ccccc12)C#Cc1cccc2c(CCCCCCCC)c4cccc(c4cc12)C#CC#Cc1cccc2c(CCCCCCCC)c4cccc(c4cc12)C#Cc1c2ccccc2c(c2ccccc12)C#Cc1cccc2c(CCCCCCCC)c4cccc(c4cc12)C#CC#C3. The summed E-state index contributed by atoms with van der Waals surface area (Å²) in [7, 11) is 0. The van der Waals surface area contributed by atoms with E-state index in [4.69, 9.17) is 0 Å². The van der Waals surface area contributed by atoms with Crippen molar-refractivity contribution in [1.29, 1.82) is 0 Å². The second kappa shape index (κ2) is 41.5. The lowest BCUT2D eigenvalue weighted by Crippen LogP contribution is -1.95. The summed E-state index contributed by atoms with van der Waals surface area (Å²) in [5, 5.41) is 27.6. The van der Waals surface area contributed by atoms with Gasteiger partial charge in [-0.15, -0.1) is 0 Å². The van der Waals surface area contributed by atoms with Crippen molar-refractivity contribution in [2.24, 2.45) is 0 Å². The Morgan fingerprint density at radius 3 is 0.462 bits per heavy atom. The molecule has 1 aliphatic carbocycles. The van der Waals surface area contributed by atoms with E-state index in [9.17, 15) is 0 Å². The lowest BCUT2D eigenvalue weighted by molar-refractivity contribution is 0.609. The van der Waals surface area contributed by atoms with Crippen molar-refractivity contribution in [3.63, 3.8) is 0 Å². The Morgan fingerprint density at radius 2 is 0.288 bits per heavy atom. The molecule has 640 valence electrons. The summed E-state index contributed by atoms with van der Waals surface area (Å²) in [6.07, 6.45) is 33.0. The molecule has 0 saturated heterocycles. The number of benzene rings is 18. The molecular weight excluding hydrogens is 1590 g/mol. The molecule has 19 rings (SSSR count). The summed E-state index contributed by atoms with van der Waals surface area (Å²) < 4.78 is 0. The molecule has 132 heavy (non-hydrogen) atoms. The largest absolute Gasteiger partial charge is 0.0654 e. The standard InChI is InChI=1S/C132H112/c1-5-9-13-17-21-25-61-109-113-73-41-53-93-49-29-30-50-94-54-42-74-114-110(62-26-22-18-14-10-6-2)118-78-47-59-99(130(118)90-126(94)114)83-87-123-105-69-37-39-71-107(105)124(108-72-40-38-70-106(108)123)88-84-100-60-48-80-120-112(64-28-24-20-16-12-8-4)116-76-44-56-96(128(116)92-132(100)120)52-32-31-51-95-55-43-75-115-111(63-27-23-19-15-11-7-3)119-79-46-58-98(131(119)91-127(95)115)82-86-122-103-67-35-33-65-101(103)121(102-66-34-36-68-104(102)122)85-81-97-57-45-77-117(109)129(97)89-125(93)113/h33-48,53-60,65-80,89-92H,5-28,61-64H2,1-4H3. The molecule has 0 aliphatic heterocycles. The van der Waals surface area contributed by atoms with Gasteiger partial charge in [0.1, 0.15) is 0 Å². The molecule has 0 unspecified atom stereocenters. The van der Waals surface area contributed by atoms with Crippen LogP contribution >= 0.6 is 0 Å². The van der Waals surface area contributed by atoms with Crippen LogP contribution in [0.15, 0.2) is 267 Å². The molecule has 0 spiro atoms. The summed E-state index contributed by atoms with van der Waals surface area (Å²) in [6.45, 7) is 9.19. The van der Waals surface area contributed by atoms with Crippen LogP contribution in [-0.4, -0.2) is 0 Å². The van der Waals surface area contributed by atoms with Gasteiger partial charge < -0.3 is 0 Å². The van der Waals surface area contributed by atoms with Crippen molar-refractivity contribution < 1.29 is 0 Å². The number of rotatable bonds is 28. The van der Waals surface area contributed by atoms with Crippen molar-refractivity contribution in [3.05, 3.63) is 356 Å². The van der Waals surface area contributed by atoms with Crippen molar-refractivity contribution in [1.82, 2.24) is 0 Å². The topological polar surface area (TPSA) is 0 Å². The molecular formula is C132H112. The van der Waals surface area contributed by atoms with Crippen molar-refractivity contribution in [2.75, 3.05) is 0 Å². The summed E-state index contributed by atoms with van der Waals surface area (Å²) >= 11 is 0. The molecule has 0 aromatic heterocycles. The Bertz CT molecular complexity index is 7060. The molecule has 0 atom stereocenters. The van der Waals surface area contributed by atoms with E-state index in [1.54, 1.807) is 0 Å². The molecule has 0 N–H and O–H groups in total. The second-order valence-corrected chi connectivity index (χ2v) is 36.4. The molecule has 0 saturated carbocycles. The normalized spacial score (nSPS) is 11.7. The Hall–Kier alpha value is -14.4. The Labute approximate surface area is 781 Å². The van der Waals surface area contributed by atoms with Crippen molar-refractivity contribution >= 4 is 129 Å². The minimum Gasteiger partial charge on any atom is -0.0654 e. The molecule has 12 bridgehead atoms. The highest BCUT2D eigenvalue weighted by Gasteiger charge is 2.21. The monoisotopic (exact) mass is 1700 g/mol. The van der Waals surface area contributed by atoms with Crippen LogP contribution in [0.5, 0.6) is 0 Å². The van der Waals surface area contributed by atoms with E-state index in [-0.39, 0.29) is 0 Å². The van der Waals surface area contributed by atoms with Gasteiger partial charge in [0.05, 0.1) is 0 Å². The molecule has 0 nitrogen and oxygen atoms in total. The highest BCUT2D eigenvalue weighted by molar-refractivity contribution is 6.15. The number of hydrogen-bond acceptors (Lipinski definition) is 0. The van der Waals surface area contributed by atoms with Gasteiger partial charge >= 0.3 is 0 Å². The van der Waals surface area contributed by atoms with Crippen molar-refractivity contribution in [3.8, 4) is 94.7 Å². The van der Waals surface area contributed by atoms with E-state index < -0.39 is 0 Å². The molecule has 0 fully saturated rings. The van der Waals surface area contributed by atoms with Crippen LogP contribution in [0, 0.1) is 94.7 Å².